The maximum absolute atomic E-state index is 14.2. The predicted molar refractivity (Wildman–Crippen MR) is 319 cm³/mol. The highest BCUT2D eigenvalue weighted by Gasteiger charge is 2.52. The van der Waals surface area contributed by atoms with Crippen LogP contribution in [-0.2, 0) is 60.4 Å². The number of aliphatic hydroxyl groups excluding tert-OH is 1. The second kappa shape index (κ2) is 34.3. The Morgan fingerprint density at radius 3 is 1.68 bits per heavy atom. The summed E-state index contributed by atoms with van der Waals surface area (Å²) in [4.78, 5) is 41.3. The summed E-state index contributed by atoms with van der Waals surface area (Å²) in [6, 6.07) is 28.2. The fraction of sp³-hybridized carbons (Fsp3) is 0.641. The van der Waals surface area contributed by atoms with Gasteiger partial charge in [0.05, 0.1) is 13.0 Å². The molecule has 4 aromatic rings. The lowest BCUT2D eigenvalue weighted by Crippen LogP contribution is -2.66. The van der Waals surface area contributed by atoms with Gasteiger partial charge < -0.3 is 29.1 Å². The predicted octanol–water partition coefficient (Wildman–Crippen LogP) is 14.8. The van der Waals surface area contributed by atoms with Crippen molar-refractivity contribution in [2.45, 2.75) is 256 Å². The van der Waals surface area contributed by atoms with E-state index in [0.29, 0.717) is 19.3 Å². The van der Waals surface area contributed by atoms with E-state index in [1.54, 1.807) is 0 Å². The molecule has 3 N–H and O–H groups in total. The van der Waals surface area contributed by atoms with Crippen molar-refractivity contribution < 1.29 is 56.7 Å². The van der Waals surface area contributed by atoms with Crippen LogP contribution in [-0.4, -0.2) is 87.6 Å². The number of ether oxygens (including phenoxy) is 3. The molecule has 0 spiro atoms. The number of amides is 1. The van der Waals surface area contributed by atoms with Gasteiger partial charge in [0.2, 0.25) is 5.91 Å². The lowest BCUT2D eigenvalue weighted by molar-refractivity contribution is -0.253. The number of benzene rings is 4. The van der Waals surface area contributed by atoms with E-state index in [-0.39, 0.29) is 32.8 Å². The molecule has 440 valence electrons. The number of nitrogens with one attached hydrogen (secondary N) is 1. The number of fused-ring (bicyclic) bond motifs is 2. The van der Waals surface area contributed by atoms with Gasteiger partial charge in [0, 0.05) is 14.2 Å². The Hall–Kier alpha value is -4.22. The van der Waals surface area contributed by atoms with Crippen LogP contribution in [0.4, 0.5) is 0 Å². The normalized spacial score (nSPS) is 18.6. The summed E-state index contributed by atoms with van der Waals surface area (Å²) in [6.07, 6.45) is 15.6. The molecule has 0 bridgehead atoms. The van der Waals surface area contributed by atoms with Crippen LogP contribution in [0.1, 0.15) is 201 Å². The molecule has 1 saturated heterocycles. The zero-order chi connectivity index (χ0) is 57.8. The van der Waals surface area contributed by atoms with Gasteiger partial charge >= 0.3 is 22.3 Å². The van der Waals surface area contributed by atoms with Crippen molar-refractivity contribution in [1.29, 1.82) is 0 Å². The first kappa shape index (κ1) is 64.0. The van der Waals surface area contributed by atoms with Gasteiger partial charge in [-0.15, -0.1) is 0 Å². The fourth-order valence-electron chi connectivity index (χ4n) is 10.5. The molecule has 15 heteroatoms. The molecule has 4 aromatic carbocycles. The summed E-state index contributed by atoms with van der Waals surface area (Å²) in [7, 11) is -7.94. The van der Waals surface area contributed by atoms with Crippen molar-refractivity contribution in [3.8, 4) is 0 Å². The molecule has 0 aliphatic carbocycles. The number of carbonyl (C=O) groups excluding carboxylic acids is 3. The summed E-state index contributed by atoms with van der Waals surface area (Å²) in [5.74, 6) is -1.76. The third-order valence-electron chi connectivity index (χ3n) is 16.0. The lowest BCUT2D eigenvalue weighted by Gasteiger charge is -2.45. The second-order valence-electron chi connectivity index (χ2n) is 23.3. The SMILES string of the molecule is [2H]CC(C)(C)[Si](C)(C)OC[C@H]1OC(O)[C@H](NC(=O)C[C@H](CCCCCCCCCCC)OC(=O)CCCCCCCCc2cccc3ccccc23)[C@@H](OC(=O)CCCCCCCCc2cccc3ccccc23)[C@@H]1OS(=O)(=O)O. The molecule has 0 radical (unpaired) electrons. The average molecular weight is 1130 g/mol. The minimum Gasteiger partial charge on any atom is -0.462 e. The average Bonchev–Trinajstić information content (AvgIpc) is 3.44. The first-order valence-electron chi connectivity index (χ1n) is 30.7. The van der Waals surface area contributed by atoms with Crippen LogP contribution >= 0.6 is 0 Å². The van der Waals surface area contributed by atoms with Crippen LogP contribution in [0, 0.1) is 0 Å². The monoisotopic (exact) mass is 1130 g/mol. The minimum absolute atomic E-state index is 0.0375. The maximum atomic E-state index is 14.2. The van der Waals surface area contributed by atoms with Crippen LogP contribution in [0.25, 0.3) is 21.5 Å². The Kier molecular flexibility index (Phi) is 27.7. The van der Waals surface area contributed by atoms with E-state index in [4.69, 9.17) is 24.2 Å². The number of aryl methyl sites for hydroxylation is 2. The lowest BCUT2D eigenvalue weighted by atomic mass is 9.96. The Labute approximate surface area is 476 Å². The third-order valence-corrected chi connectivity index (χ3v) is 20.6. The molecule has 0 saturated carbocycles. The quantitative estimate of drug-likeness (QED) is 0.0167. The second-order valence-corrected chi connectivity index (χ2v) is 29.0. The first-order chi connectivity index (χ1) is 38.4. The van der Waals surface area contributed by atoms with Gasteiger partial charge in [-0.1, -0.05) is 215 Å². The zero-order valence-corrected chi connectivity index (χ0v) is 50.3. The molecule has 1 fully saturated rings. The highest BCUT2D eigenvalue weighted by Crippen LogP contribution is 2.38. The van der Waals surface area contributed by atoms with Gasteiger partial charge in [-0.3, -0.25) is 18.9 Å². The standard InChI is InChI=1S/C64H97NO12SSi/c1-7-8-9-10-11-12-13-20-25-42-53(74-58(67)45-26-21-16-14-18-23-34-49-38-32-40-51-36-28-30-43-54(49)51)47-57(66)65-60-62(61(77-78(70,71)72)56(75-63(60)69)48-73-79(5,6)64(2,3)4)76-59(68)46-27-22-17-15-19-24-35-50-39-33-41-52-37-29-31-44-55(50)52/h28-33,36-41,43-44,53,56,60-63,69H,7-27,34-35,42,45-48H2,1-6H3,(H,65,66)(H,70,71,72)/t53-,56+,60+,61+,62+,63?/m0/s1/i2D. The van der Waals surface area contributed by atoms with E-state index >= 15 is 0 Å². The molecule has 0 aromatic heterocycles. The van der Waals surface area contributed by atoms with E-state index < -0.39 is 78.3 Å². The Bertz CT molecular complexity index is 2570. The van der Waals surface area contributed by atoms with Crippen LogP contribution < -0.4 is 5.32 Å². The van der Waals surface area contributed by atoms with E-state index in [1.807, 2.05) is 33.0 Å². The number of esters is 2. The van der Waals surface area contributed by atoms with Crippen LogP contribution in [0.15, 0.2) is 84.9 Å². The highest BCUT2D eigenvalue weighted by atomic mass is 32.3. The molecule has 1 unspecified atom stereocenters. The minimum atomic E-state index is -5.23. The summed E-state index contributed by atoms with van der Waals surface area (Å²) in [6.45, 7) is 9.51. The van der Waals surface area contributed by atoms with Crippen LogP contribution in [0.3, 0.4) is 0 Å². The van der Waals surface area contributed by atoms with Gasteiger partial charge in [0.15, 0.2) is 20.7 Å². The molecule has 1 aliphatic heterocycles. The summed E-state index contributed by atoms with van der Waals surface area (Å²) >= 11 is 0. The molecule has 6 atom stereocenters. The smallest absolute Gasteiger partial charge is 0.397 e. The van der Waals surface area contributed by atoms with Crippen LogP contribution in [0.2, 0.25) is 18.1 Å². The highest BCUT2D eigenvalue weighted by molar-refractivity contribution is 7.80. The van der Waals surface area contributed by atoms with Crippen LogP contribution in [0.5, 0.6) is 0 Å². The van der Waals surface area contributed by atoms with Crippen molar-refractivity contribution in [3.63, 3.8) is 0 Å². The number of carbonyl (C=O) groups is 3. The van der Waals surface area contributed by atoms with E-state index in [9.17, 15) is 32.5 Å². The van der Waals surface area contributed by atoms with Crippen molar-refractivity contribution >= 4 is 58.1 Å². The number of hydrogen-bond donors (Lipinski definition) is 3. The van der Waals surface area contributed by atoms with Gasteiger partial charge in [-0.2, -0.15) is 8.42 Å². The number of unbranched alkanes of at least 4 members (excludes halogenated alkanes) is 18. The maximum Gasteiger partial charge on any atom is 0.397 e. The van der Waals surface area contributed by atoms with Gasteiger partial charge in [0.25, 0.3) is 0 Å². The van der Waals surface area contributed by atoms with E-state index in [0.717, 1.165) is 109 Å². The Balaban J connectivity index is 1.19. The van der Waals surface area contributed by atoms with Gasteiger partial charge in [-0.25, -0.2) is 4.18 Å². The molecular weight excluding hydrogens is 1030 g/mol. The number of rotatable bonds is 38. The number of aliphatic hydroxyl groups is 1. The largest absolute Gasteiger partial charge is 0.462 e. The Morgan fingerprint density at radius 1 is 0.671 bits per heavy atom. The molecule has 13 nitrogen and oxygen atoms in total. The summed E-state index contributed by atoms with van der Waals surface area (Å²) in [5, 5.41) is 18.9. The third kappa shape index (κ3) is 23.6. The van der Waals surface area contributed by atoms with Crippen molar-refractivity contribution in [2.75, 3.05) is 6.61 Å². The summed E-state index contributed by atoms with van der Waals surface area (Å²) < 4.78 is 72.9. The van der Waals surface area contributed by atoms with E-state index in [1.165, 1.54) is 58.4 Å². The first-order valence-corrected chi connectivity index (χ1v) is 34.2. The molecule has 5 rings (SSSR count). The molecule has 1 amide bonds. The van der Waals surface area contributed by atoms with Gasteiger partial charge in [-0.05, 0) is 102 Å². The fourth-order valence-corrected chi connectivity index (χ4v) is 12.0. The van der Waals surface area contributed by atoms with E-state index in [2.05, 4.69) is 91.1 Å². The molecule has 1 heterocycles. The zero-order valence-electron chi connectivity index (χ0n) is 49.4. The number of hydrogen-bond acceptors (Lipinski definition) is 11. The van der Waals surface area contributed by atoms with Crippen molar-refractivity contribution in [1.82, 2.24) is 5.32 Å². The topological polar surface area (TPSA) is 184 Å². The Morgan fingerprint density at radius 2 is 1.15 bits per heavy atom. The van der Waals surface area contributed by atoms with Crippen molar-refractivity contribution in [3.05, 3.63) is 96.1 Å². The molecule has 1 aliphatic rings. The van der Waals surface area contributed by atoms with Crippen molar-refractivity contribution in [2.24, 2.45) is 0 Å². The molecular formula is C64H97NO12SSi. The summed E-state index contributed by atoms with van der Waals surface area (Å²) in [5.41, 5.74) is 2.70. The molecule has 79 heavy (non-hydrogen) atoms. The van der Waals surface area contributed by atoms with Gasteiger partial charge in [0.1, 0.15) is 24.4 Å².